The van der Waals surface area contributed by atoms with E-state index in [0.717, 1.165) is 19.7 Å². The molecule has 0 bridgehead atoms. The van der Waals surface area contributed by atoms with Gasteiger partial charge in [0.25, 0.3) is 0 Å². The maximum Gasteiger partial charge on any atom is 0.0594 e. The van der Waals surface area contributed by atoms with Gasteiger partial charge in [-0.25, -0.2) is 0 Å². The third-order valence-corrected chi connectivity index (χ3v) is 2.61. The molecule has 0 amide bonds. The molecule has 3 nitrogen and oxygen atoms in total. The highest BCUT2D eigenvalue weighted by atomic mass is 16.5. The summed E-state index contributed by atoms with van der Waals surface area (Å²) >= 11 is 0. The fourth-order valence-corrected chi connectivity index (χ4v) is 1.96. The Bertz CT molecular complexity index is 319. The molecule has 0 saturated carbocycles. The third-order valence-electron chi connectivity index (χ3n) is 2.61. The number of nitrogens with zero attached hydrogens (tertiary/aromatic N) is 1. The van der Waals surface area contributed by atoms with Gasteiger partial charge in [-0.2, -0.15) is 0 Å². The van der Waals surface area contributed by atoms with Crippen molar-refractivity contribution in [3.63, 3.8) is 0 Å². The Morgan fingerprint density at radius 3 is 2.35 bits per heavy atom. The zero-order valence-electron chi connectivity index (χ0n) is 11.2. The SMILES string of the molecule is Cc1cc(C)cc(CN(C)CCOCCN)c1. The van der Waals surface area contributed by atoms with Crippen LogP contribution in [-0.2, 0) is 11.3 Å². The van der Waals surface area contributed by atoms with E-state index in [1.165, 1.54) is 16.7 Å². The highest BCUT2D eigenvalue weighted by molar-refractivity contribution is 5.28. The molecule has 0 spiro atoms. The average Bonchev–Trinajstić information content (AvgIpc) is 2.23. The molecule has 0 saturated heterocycles. The van der Waals surface area contributed by atoms with Gasteiger partial charge >= 0.3 is 0 Å². The molecule has 1 rings (SSSR count). The predicted molar refractivity (Wildman–Crippen MR) is 72.1 cm³/mol. The number of ether oxygens (including phenoxy) is 1. The van der Waals surface area contributed by atoms with E-state index < -0.39 is 0 Å². The van der Waals surface area contributed by atoms with Crippen LogP contribution in [0.5, 0.6) is 0 Å². The Morgan fingerprint density at radius 1 is 1.12 bits per heavy atom. The lowest BCUT2D eigenvalue weighted by Crippen LogP contribution is -2.24. The van der Waals surface area contributed by atoms with E-state index in [9.17, 15) is 0 Å². The summed E-state index contributed by atoms with van der Waals surface area (Å²) in [5, 5.41) is 0. The third kappa shape index (κ3) is 5.82. The quantitative estimate of drug-likeness (QED) is 0.733. The smallest absolute Gasteiger partial charge is 0.0594 e. The molecule has 0 aliphatic carbocycles. The second kappa shape index (κ2) is 7.43. The van der Waals surface area contributed by atoms with Gasteiger partial charge in [0.15, 0.2) is 0 Å². The molecular formula is C14H24N2O. The van der Waals surface area contributed by atoms with E-state index in [2.05, 4.69) is 44.0 Å². The number of aryl methyl sites for hydroxylation is 2. The van der Waals surface area contributed by atoms with Crippen molar-refractivity contribution in [2.45, 2.75) is 20.4 Å². The van der Waals surface area contributed by atoms with Crippen molar-refractivity contribution >= 4 is 0 Å². The summed E-state index contributed by atoms with van der Waals surface area (Å²) < 4.78 is 5.37. The minimum Gasteiger partial charge on any atom is -0.379 e. The first-order chi connectivity index (χ1) is 8.11. The van der Waals surface area contributed by atoms with Crippen molar-refractivity contribution in [3.05, 3.63) is 34.9 Å². The first-order valence-corrected chi connectivity index (χ1v) is 6.15. The second-order valence-electron chi connectivity index (χ2n) is 4.63. The molecule has 0 aliphatic heterocycles. The molecule has 0 aliphatic rings. The van der Waals surface area contributed by atoms with Crippen molar-refractivity contribution in [2.24, 2.45) is 5.73 Å². The van der Waals surface area contributed by atoms with E-state index in [1.54, 1.807) is 0 Å². The second-order valence-corrected chi connectivity index (χ2v) is 4.63. The van der Waals surface area contributed by atoms with Crippen molar-refractivity contribution in [1.29, 1.82) is 0 Å². The molecule has 0 radical (unpaired) electrons. The van der Waals surface area contributed by atoms with E-state index >= 15 is 0 Å². The maximum atomic E-state index is 5.37. The van der Waals surface area contributed by atoms with Gasteiger partial charge in [0.05, 0.1) is 13.2 Å². The van der Waals surface area contributed by atoms with E-state index in [0.29, 0.717) is 13.2 Å². The normalized spacial score (nSPS) is 11.1. The molecule has 0 heterocycles. The summed E-state index contributed by atoms with van der Waals surface area (Å²) in [5.41, 5.74) is 9.38. The van der Waals surface area contributed by atoms with Crippen molar-refractivity contribution in [3.8, 4) is 0 Å². The number of benzene rings is 1. The number of nitrogens with two attached hydrogens (primary N) is 1. The van der Waals surface area contributed by atoms with Gasteiger partial charge in [-0.15, -0.1) is 0 Å². The van der Waals surface area contributed by atoms with E-state index in [1.807, 2.05) is 0 Å². The number of hydrogen-bond acceptors (Lipinski definition) is 3. The largest absolute Gasteiger partial charge is 0.379 e. The maximum absolute atomic E-state index is 5.37. The Morgan fingerprint density at radius 2 is 1.76 bits per heavy atom. The van der Waals surface area contributed by atoms with Crippen LogP contribution < -0.4 is 5.73 Å². The van der Waals surface area contributed by atoms with Crippen LogP contribution in [-0.4, -0.2) is 38.3 Å². The van der Waals surface area contributed by atoms with Crippen LogP contribution in [0.4, 0.5) is 0 Å². The number of likely N-dealkylation sites (N-methyl/N-ethyl adjacent to an activating group) is 1. The van der Waals surface area contributed by atoms with Gasteiger partial charge < -0.3 is 10.5 Å². The molecular weight excluding hydrogens is 212 g/mol. The van der Waals surface area contributed by atoms with Gasteiger partial charge in [0, 0.05) is 19.6 Å². The molecule has 0 aromatic heterocycles. The standard InChI is InChI=1S/C14H24N2O/c1-12-8-13(2)10-14(9-12)11-16(3)5-7-17-6-4-15/h8-10H,4-7,11,15H2,1-3H3. The molecule has 2 N–H and O–H groups in total. The minimum atomic E-state index is 0.598. The van der Waals surface area contributed by atoms with Gasteiger partial charge in [-0.3, -0.25) is 4.90 Å². The van der Waals surface area contributed by atoms with Crippen LogP contribution in [0.1, 0.15) is 16.7 Å². The van der Waals surface area contributed by atoms with Crippen LogP contribution in [0.15, 0.2) is 18.2 Å². The number of rotatable bonds is 7. The predicted octanol–water partition coefficient (Wildman–Crippen LogP) is 1.71. The summed E-state index contributed by atoms with van der Waals surface area (Å²) in [6, 6.07) is 6.68. The Kier molecular flexibility index (Phi) is 6.19. The first kappa shape index (κ1) is 14.2. The summed E-state index contributed by atoms with van der Waals surface area (Å²) in [6.45, 7) is 8.18. The van der Waals surface area contributed by atoms with Gasteiger partial charge in [0.1, 0.15) is 0 Å². The van der Waals surface area contributed by atoms with E-state index in [4.69, 9.17) is 10.5 Å². The van der Waals surface area contributed by atoms with Gasteiger partial charge in [-0.1, -0.05) is 29.3 Å². The van der Waals surface area contributed by atoms with Gasteiger partial charge in [-0.05, 0) is 26.5 Å². The average molecular weight is 236 g/mol. The van der Waals surface area contributed by atoms with Crippen LogP contribution in [0, 0.1) is 13.8 Å². The summed E-state index contributed by atoms with van der Waals surface area (Å²) in [7, 11) is 2.11. The van der Waals surface area contributed by atoms with Gasteiger partial charge in [0.2, 0.25) is 0 Å². The lowest BCUT2D eigenvalue weighted by Gasteiger charge is -2.17. The molecule has 17 heavy (non-hydrogen) atoms. The fraction of sp³-hybridized carbons (Fsp3) is 0.571. The van der Waals surface area contributed by atoms with Crippen LogP contribution in [0.25, 0.3) is 0 Å². The van der Waals surface area contributed by atoms with E-state index in [-0.39, 0.29) is 0 Å². The molecule has 1 aromatic rings. The highest BCUT2D eigenvalue weighted by Gasteiger charge is 2.01. The Labute approximate surface area is 105 Å². The summed E-state index contributed by atoms with van der Waals surface area (Å²) in [5.74, 6) is 0. The van der Waals surface area contributed by atoms with Crippen molar-refractivity contribution < 1.29 is 4.74 Å². The Hall–Kier alpha value is -0.900. The highest BCUT2D eigenvalue weighted by Crippen LogP contribution is 2.10. The van der Waals surface area contributed by atoms with Crippen LogP contribution >= 0.6 is 0 Å². The summed E-state index contributed by atoms with van der Waals surface area (Å²) in [6.07, 6.45) is 0. The molecule has 0 fully saturated rings. The molecule has 0 unspecified atom stereocenters. The summed E-state index contributed by atoms with van der Waals surface area (Å²) in [4.78, 5) is 2.27. The molecule has 3 heteroatoms. The van der Waals surface area contributed by atoms with Crippen LogP contribution in [0.3, 0.4) is 0 Å². The molecule has 1 aromatic carbocycles. The van der Waals surface area contributed by atoms with Crippen molar-refractivity contribution in [2.75, 3.05) is 33.4 Å². The number of hydrogen-bond donors (Lipinski definition) is 1. The minimum absolute atomic E-state index is 0.598. The van der Waals surface area contributed by atoms with Crippen LogP contribution in [0.2, 0.25) is 0 Å². The topological polar surface area (TPSA) is 38.5 Å². The molecule has 96 valence electrons. The lowest BCUT2D eigenvalue weighted by atomic mass is 10.1. The lowest BCUT2D eigenvalue weighted by molar-refractivity contribution is 0.115. The monoisotopic (exact) mass is 236 g/mol. The first-order valence-electron chi connectivity index (χ1n) is 6.15. The zero-order chi connectivity index (χ0) is 12.7. The van der Waals surface area contributed by atoms with Crippen molar-refractivity contribution in [1.82, 2.24) is 4.90 Å². The fourth-order valence-electron chi connectivity index (χ4n) is 1.96. The Balaban J connectivity index is 2.36. The molecule has 0 atom stereocenters. The zero-order valence-corrected chi connectivity index (χ0v) is 11.2.